The Morgan fingerprint density at radius 2 is 1.20 bits per heavy atom. The number of hydrogen-bond donors (Lipinski definition) is 10. The lowest BCUT2D eigenvalue weighted by Gasteiger charge is -2.21. The van der Waals surface area contributed by atoms with Gasteiger partial charge in [-0.05, 0) is 70.1 Å². The van der Waals surface area contributed by atoms with Gasteiger partial charge < -0.3 is 52.1 Å². The maximum absolute atomic E-state index is 12.4. The van der Waals surface area contributed by atoms with Crippen LogP contribution >= 0.6 is 0 Å². The normalized spacial score (nSPS) is 12.3. The Morgan fingerprint density at radius 1 is 0.675 bits per heavy atom. The van der Waals surface area contributed by atoms with Crippen molar-refractivity contribution in [3.63, 3.8) is 0 Å². The third-order valence-corrected chi connectivity index (χ3v) is 5.94. The van der Waals surface area contributed by atoms with E-state index in [1.807, 2.05) is 0 Å². The molecule has 3 amide bonds. The quantitative estimate of drug-likeness (QED) is 0.0913. The largest absolute Gasteiger partial charge is 0.504 e. The van der Waals surface area contributed by atoms with Crippen LogP contribution in [-0.2, 0) is 4.79 Å². The van der Waals surface area contributed by atoms with E-state index in [0.29, 0.717) is 26.1 Å². The second-order valence-electron chi connectivity index (χ2n) is 9.15. The number of phenolic OH excluding ortho intramolecular Hbond substituents is 4. The highest BCUT2D eigenvalue weighted by Crippen LogP contribution is 2.28. The highest BCUT2D eigenvalue weighted by atomic mass is 16.3. The SMILES string of the molecule is C[C@@H](O)[C@H](NC(=O)c1cccc(O)c1O)C(=O)NCCNCCCCNCCCNC(=O)c1cccc(O)c1O. The first-order valence-corrected chi connectivity index (χ1v) is 13.1. The maximum atomic E-state index is 12.4. The van der Waals surface area contributed by atoms with Gasteiger partial charge in [0.2, 0.25) is 5.91 Å². The molecule has 2 rings (SSSR count). The average Bonchev–Trinajstić information content (AvgIpc) is 2.92. The number of aliphatic hydroxyl groups excluding tert-OH is 1. The smallest absolute Gasteiger partial charge is 0.255 e. The Bertz CT molecular complexity index is 1130. The van der Waals surface area contributed by atoms with E-state index in [1.54, 1.807) is 0 Å². The predicted octanol–water partition coefficient (Wildman–Crippen LogP) is -0.116. The molecule has 0 radical (unpaired) electrons. The molecule has 0 saturated heterocycles. The molecule has 0 bridgehead atoms. The lowest BCUT2D eigenvalue weighted by atomic mass is 10.1. The number of unbranched alkanes of at least 4 members (excludes halogenated alkanes) is 1. The second-order valence-corrected chi connectivity index (χ2v) is 9.15. The highest BCUT2D eigenvalue weighted by molar-refractivity contribution is 6.00. The summed E-state index contributed by atoms with van der Waals surface area (Å²) in [6.07, 6.45) is 1.33. The van der Waals surface area contributed by atoms with Crippen LogP contribution < -0.4 is 26.6 Å². The first-order valence-electron chi connectivity index (χ1n) is 13.1. The molecule has 0 fully saturated rings. The number of amides is 3. The van der Waals surface area contributed by atoms with Crippen molar-refractivity contribution in [3.8, 4) is 23.0 Å². The van der Waals surface area contributed by atoms with Gasteiger partial charge in [-0.2, -0.15) is 0 Å². The van der Waals surface area contributed by atoms with Crippen LogP contribution in [0.25, 0.3) is 0 Å². The summed E-state index contributed by atoms with van der Waals surface area (Å²) in [5.74, 6) is -3.69. The van der Waals surface area contributed by atoms with E-state index in [4.69, 9.17) is 0 Å². The van der Waals surface area contributed by atoms with Crippen LogP contribution in [0.2, 0.25) is 0 Å². The fraction of sp³-hybridized carbons (Fsp3) is 0.444. The molecule has 13 nitrogen and oxygen atoms in total. The molecule has 0 aliphatic carbocycles. The number of carbonyl (C=O) groups excluding carboxylic acids is 3. The molecule has 10 N–H and O–H groups in total. The average molecular weight is 562 g/mol. The summed E-state index contributed by atoms with van der Waals surface area (Å²) in [6, 6.07) is 6.86. The second kappa shape index (κ2) is 16.8. The first kappa shape index (κ1) is 32.1. The number of aliphatic hydroxyl groups is 1. The number of rotatable bonds is 17. The number of carbonyl (C=O) groups is 3. The summed E-state index contributed by atoms with van der Waals surface area (Å²) in [7, 11) is 0. The van der Waals surface area contributed by atoms with Gasteiger partial charge in [-0.25, -0.2) is 0 Å². The van der Waals surface area contributed by atoms with Crippen LogP contribution in [0.3, 0.4) is 0 Å². The van der Waals surface area contributed by atoms with Crippen molar-refractivity contribution in [2.24, 2.45) is 0 Å². The Hall–Kier alpha value is -4.07. The summed E-state index contributed by atoms with van der Waals surface area (Å²) in [4.78, 5) is 36.9. The van der Waals surface area contributed by atoms with Gasteiger partial charge in [0, 0.05) is 19.6 Å². The Labute approximate surface area is 232 Å². The topological polar surface area (TPSA) is 213 Å². The van der Waals surface area contributed by atoms with E-state index in [1.165, 1.54) is 43.3 Å². The molecule has 0 aliphatic heterocycles. The monoisotopic (exact) mass is 561 g/mol. The van der Waals surface area contributed by atoms with E-state index in [2.05, 4.69) is 26.6 Å². The molecule has 0 aromatic heterocycles. The molecule has 2 aromatic carbocycles. The molecule has 0 saturated carbocycles. The van der Waals surface area contributed by atoms with E-state index in [-0.39, 0.29) is 23.4 Å². The Balaban J connectivity index is 1.51. The van der Waals surface area contributed by atoms with Crippen LogP contribution in [0, 0.1) is 0 Å². The van der Waals surface area contributed by atoms with Gasteiger partial charge in [-0.15, -0.1) is 0 Å². The summed E-state index contributed by atoms with van der Waals surface area (Å²) in [5, 5.41) is 62.7. The first-order chi connectivity index (χ1) is 19.1. The molecule has 0 aliphatic rings. The van der Waals surface area contributed by atoms with E-state index in [9.17, 15) is 39.9 Å². The molecular weight excluding hydrogens is 522 g/mol. The molecule has 13 heteroatoms. The summed E-state index contributed by atoms with van der Waals surface area (Å²) in [6.45, 7) is 4.78. The highest BCUT2D eigenvalue weighted by Gasteiger charge is 2.27. The number of nitrogens with one attached hydrogen (secondary N) is 5. The zero-order valence-corrected chi connectivity index (χ0v) is 22.4. The van der Waals surface area contributed by atoms with Gasteiger partial charge in [-0.1, -0.05) is 12.1 Å². The Morgan fingerprint density at radius 3 is 1.77 bits per heavy atom. The van der Waals surface area contributed by atoms with E-state index < -0.39 is 47.1 Å². The predicted molar refractivity (Wildman–Crippen MR) is 147 cm³/mol. The van der Waals surface area contributed by atoms with Crippen molar-refractivity contribution in [1.82, 2.24) is 26.6 Å². The third-order valence-electron chi connectivity index (χ3n) is 5.94. The number of para-hydroxylation sites is 2. The fourth-order valence-corrected chi connectivity index (χ4v) is 3.70. The van der Waals surface area contributed by atoms with Gasteiger partial charge in [0.25, 0.3) is 11.8 Å². The number of benzene rings is 2. The number of hydrogen-bond acceptors (Lipinski definition) is 10. The molecule has 2 atom stereocenters. The van der Waals surface area contributed by atoms with Crippen molar-refractivity contribution in [2.75, 3.05) is 39.3 Å². The van der Waals surface area contributed by atoms with Crippen LogP contribution in [0.1, 0.15) is 46.9 Å². The Kier molecular flexibility index (Phi) is 13.5. The summed E-state index contributed by atoms with van der Waals surface area (Å²) >= 11 is 0. The minimum atomic E-state index is -1.24. The van der Waals surface area contributed by atoms with Gasteiger partial charge >= 0.3 is 0 Å². The van der Waals surface area contributed by atoms with Crippen LogP contribution in [-0.4, -0.2) is 94.7 Å². The number of aromatic hydroxyl groups is 4. The molecule has 2 aromatic rings. The lowest BCUT2D eigenvalue weighted by Crippen LogP contribution is -2.53. The van der Waals surface area contributed by atoms with Gasteiger partial charge in [0.05, 0.1) is 17.2 Å². The standard InChI is InChI=1S/C27H39N5O8/c1-17(33)22(32-26(39)19-8-5-10-21(35)24(19)37)27(40)31-16-15-29-12-3-2-11-28-13-6-14-30-25(38)18-7-4-9-20(34)23(18)36/h4-5,7-10,17,22,28-29,33-37H,2-3,6,11-16H2,1H3,(H,30,38)(H,31,40)(H,32,39)/t17-,22+/m1/s1. The van der Waals surface area contributed by atoms with E-state index in [0.717, 1.165) is 25.9 Å². The minimum absolute atomic E-state index is 0.0284. The molecular formula is C27H39N5O8. The maximum Gasteiger partial charge on any atom is 0.255 e. The van der Waals surface area contributed by atoms with Gasteiger partial charge in [0.15, 0.2) is 23.0 Å². The summed E-state index contributed by atoms with van der Waals surface area (Å²) < 4.78 is 0. The van der Waals surface area contributed by atoms with Crippen molar-refractivity contribution in [1.29, 1.82) is 0 Å². The van der Waals surface area contributed by atoms with Crippen molar-refractivity contribution in [2.45, 2.75) is 38.3 Å². The zero-order chi connectivity index (χ0) is 29.5. The van der Waals surface area contributed by atoms with Gasteiger partial charge in [0.1, 0.15) is 6.04 Å². The van der Waals surface area contributed by atoms with Crippen molar-refractivity contribution in [3.05, 3.63) is 47.5 Å². The molecule has 0 heterocycles. The lowest BCUT2D eigenvalue weighted by molar-refractivity contribution is -0.125. The molecule has 40 heavy (non-hydrogen) atoms. The number of phenols is 4. The zero-order valence-electron chi connectivity index (χ0n) is 22.4. The molecule has 0 spiro atoms. The van der Waals surface area contributed by atoms with Crippen molar-refractivity contribution >= 4 is 17.7 Å². The third kappa shape index (κ3) is 10.2. The minimum Gasteiger partial charge on any atom is -0.504 e. The van der Waals surface area contributed by atoms with E-state index >= 15 is 0 Å². The molecule has 220 valence electrons. The van der Waals surface area contributed by atoms with Crippen LogP contribution in [0.4, 0.5) is 0 Å². The fourth-order valence-electron chi connectivity index (χ4n) is 3.70. The van der Waals surface area contributed by atoms with Crippen LogP contribution in [0.15, 0.2) is 36.4 Å². The molecule has 0 unspecified atom stereocenters. The van der Waals surface area contributed by atoms with Gasteiger partial charge in [-0.3, -0.25) is 14.4 Å². The van der Waals surface area contributed by atoms with Crippen molar-refractivity contribution < 1.29 is 39.9 Å². The van der Waals surface area contributed by atoms with Crippen LogP contribution in [0.5, 0.6) is 23.0 Å². The summed E-state index contributed by atoms with van der Waals surface area (Å²) in [5.41, 5.74) is -0.187.